The van der Waals surface area contributed by atoms with Crippen LogP contribution in [0.15, 0.2) is 0 Å². The maximum atomic E-state index is 10.1. The van der Waals surface area contributed by atoms with Crippen molar-refractivity contribution in [2.75, 3.05) is 0 Å². The molecule has 0 radical (unpaired) electrons. The van der Waals surface area contributed by atoms with Gasteiger partial charge in [-0.1, -0.05) is 0 Å². The molecule has 12 heavy (non-hydrogen) atoms. The Kier molecular flexibility index (Phi) is 4.05. The molecule has 1 aliphatic heterocycles. The predicted octanol–water partition coefficient (Wildman–Crippen LogP) is -1.51. The van der Waals surface area contributed by atoms with Crippen molar-refractivity contribution in [3.8, 4) is 0 Å². The molecular formula is C4H8NO6P. The summed E-state index contributed by atoms with van der Waals surface area (Å²) in [6.07, 6.45) is 0.748. The van der Waals surface area contributed by atoms with Gasteiger partial charge < -0.3 is 14.7 Å². The Morgan fingerprint density at radius 3 is 1.42 bits per heavy atom. The van der Waals surface area contributed by atoms with E-state index in [-0.39, 0.29) is 11.8 Å². The Morgan fingerprint density at radius 2 is 1.33 bits per heavy atom. The molecule has 0 aliphatic carbocycles. The van der Waals surface area contributed by atoms with Gasteiger partial charge in [-0.05, 0) is 0 Å². The highest BCUT2D eigenvalue weighted by Gasteiger charge is 2.15. The van der Waals surface area contributed by atoms with Crippen LogP contribution in [0.1, 0.15) is 12.8 Å². The molecule has 8 heteroatoms. The van der Waals surface area contributed by atoms with Crippen LogP contribution in [-0.4, -0.2) is 26.5 Å². The van der Waals surface area contributed by atoms with Crippen molar-refractivity contribution in [2.24, 2.45) is 0 Å². The van der Waals surface area contributed by atoms with Crippen molar-refractivity contribution >= 4 is 19.6 Å². The zero-order valence-electron chi connectivity index (χ0n) is 5.93. The predicted molar refractivity (Wildman–Crippen MR) is 36.6 cm³/mol. The molecule has 0 unspecified atom stereocenters. The number of rotatable bonds is 0. The Hall–Kier alpha value is -0.750. The second-order valence-corrected chi connectivity index (χ2v) is 3.01. The zero-order valence-corrected chi connectivity index (χ0v) is 6.82. The summed E-state index contributed by atoms with van der Waals surface area (Å²) in [7, 11) is -4.64. The number of amides is 2. The largest absolute Gasteiger partial charge is 0.466 e. The van der Waals surface area contributed by atoms with Gasteiger partial charge in [0.1, 0.15) is 0 Å². The van der Waals surface area contributed by atoms with E-state index in [1.54, 1.807) is 0 Å². The molecule has 0 spiro atoms. The molecule has 7 nitrogen and oxygen atoms in total. The molecule has 0 saturated carbocycles. The fourth-order valence-electron chi connectivity index (χ4n) is 0.508. The zero-order chi connectivity index (χ0) is 9.78. The number of nitrogens with one attached hydrogen (secondary N) is 1. The van der Waals surface area contributed by atoms with Crippen LogP contribution in [0.2, 0.25) is 0 Å². The minimum Gasteiger partial charge on any atom is -0.303 e. The normalized spacial score (nSPS) is 16.6. The van der Waals surface area contributed by atoms with E-state index in [0.717, 1.165) is 0 Å². The molecule has 1 heterocycles. The standard InChI is InChI=1S/C4H5NO2.H3O4P/c6-3-1-2-4(7)5-3;1-5(2,3)4/h1-2H2,(H,5,6,7);(H3,1,2,3,4). The fraction of sp³-hybridized carbons (Fsp3) is 0.500. The number of carbonyl (C=O) groups is 2. The van der Waals surface area contributed by atoms with E-state index in [4.69, 9.17) is 19.2 Å². The number of phosphoric acid groups is 1. The molecule has 0 aromatic rings. The van der Waals surface area contributed by atoms with E-state index < -0.39 is 7.82 Å². The van der Waals surface area contributed by atoms with Crippen molar-refractivity contribution < 1.29 is 28.8 Å². The summed E-state index contributed by atoms with van der Waals surface area (Å²) in [5.74, 6) is -0.296. The second kappa shape index (κ2) is 4.32. The van der Waals surface area contributed by atoms with Crippen molar-refractivity contribution in [1.29, 1.82) is 0 Å². The lowest BCUT2D eigenvalue weighted by molar-refractivity contribution is -0.124. The molecule has 0 aromatic heterocycles. The highest BCUT2D eigenvalue weighted by Crippen LogP contribution is 2.25. The summed E-state index contributed by atoms with van der Waals surface area (Å²) in [6.45, 7) is 0. The lowest BCUT2D eigenvalue weighted by atomic mass is 10.4. The third-order valence-corrected chi connectivity index (χ3v) is 0.858. The van der Waals surface area contributed by atoms with E-state index in [0.29, 0.717) is 12.8 Å². The fourth-order valence-corrected chi connectivity index (χ4v) is 0.508. The molecule has 0 atom stereocenters. The maximum absolute atomic E-state index is 10.1. The quantitative estimate of drug-likeness (QED) is 0.276. The van der Waals surface area contributed by atoms with Gasteiger partial charge in [-0.3, -0.25) is 14.9 Å². The Labute approximate surface area is 67.6 Å². The molecule has 1 saturated heterocycles. The van der Waals surface area contributed by atoms with Crippen molar-refractivity contribution in [1.82, 2.24) is 5.32 Å². The molecule has 1 rings (SSSR count). The average molecular weight is 197 g/mol. The molecule has 0 bridgehead atoms. The first kappa shape index (κ1) is 11.2. The molecule has 1 fully saturated rings. The lowest BCUT2D eigenvalue weighted by Gasteiger charge is -1.82. The minimum absolute atomic E-state index is 0.148. The smallest absolute Gasteiger partial charge is 0.303 e. The van der Waals surface area contributed by atoms with Gasteiger partial charge in [0, 0.05) is 12.8 Å². The van der Waals surface area contributed by atoms with Gasteiger partial charge in [0.2, 0.25) is 11.8 Å². The molecular weight excluding hydrogens is 189 g/mol. The van der Waals surface area contributed by atoms with E-state index in [9.17, 15) is 9.59 Å². The Bertz CT molecular complexity index is 209. The SMILES string of the molecule is O=C1CCC(=O)N1.O=P(O)(O)O. The monoisotopic (exact) mass is 197 g/mol. The van der Waals surface area contributed by atoms with Crippen molar-refractivity contribution in [3.63, 3.8) is 0 Å². The van der Waals surface area contributed by atoms with Crippen LogP contribution in [0.5, 0.6) is 0 Å². The number of imide groups is 1. The maximum Gasteiger partial charge on any atom is 0.466 e. The number of carbonyl (C=O) groups excluding carboxylic acids is 2. The summed E-state index contributed by atoms with van der Waals surface area (Å²) >= 11 is 0. The molecule has 70 valence electrons. The summed E-state index contributed by atoms with van der Waals surface area (Å²) < 4.78 is 8.88. The topological polar surface area (TPSA) is 124 Å². The van der Waals surface area contributed by atoms with Crippen LogP contribution in [0.4, 0.5) is 0 Å². The van der Waals surface area contributed by atoms with E-state index in [2.05, 4.69) is 5.32 Å². The van der Waals surface area contributed by atoms with Gasteiger partial charge in [-0.2, -0.15) is 0 Å². The highest BCUT2D eigenvalue weighted by molar-refractivity contribution is 7.45. The van der Waals surface area contributed by atoms with E-state index in [1.165, 1.54) is 0 Å². The van der Waals surface area contributed by atoms with Crippen LogP contribution in [0.25, 0.3) is 0 Å². The van der Waals surface area contributed by atoms with Crippen LogP contribution < -0.4 is 5.32 Å². The Balaban J connectivity index is 0.000000217. The molecule has 1 aliphatic rings. The molecule has 0 aromatic carbocycles. The van der Waals surface area contributed by atoms with E-state index in [1.807, 2.05) is 0 Å². The summed E-state index contributed by atoms with van der Waals surface area (Å²) in [5, 5.41) is 2.14. The van der Waals surface area contributed by atoms with E-state index >= 15 is 0 Å². The van der Waals surface area contributed by atoms with Crippen LogP contribution in [0.3, 0.4) is 0 Å². The van der Waals surface area contributed by atoms with Gasteiger partial charge in [-0.15, -0.1) is 0 Å². The Morgan fingerprint density at radius 1 is 1.08 bits per heavy atom. The first-order valence-corrected chi connectivity index (χ1v) is 4.46. The first-order chi connectivity index (χ1) is 5.29. The minimum atomic E-state index is -4.64. The number of hydrogen-bond acceptors (Lipinski definition) is 3. The third-order valence-electron chi connectivity index (χ3n) is 0.858. The van der Waals surface area contributed by atoms with Gasteiger partial charge in [0.25, 0.3) is 0 Å². The van der Waals surface area contributed by atoms with Gasteiger partial charge in [-0.25, -0.2) is 4.57 Å². The molecule has 2 amide bonds. The van der Waals surface area contributed by atoms with Crippen LogP contribution in [0, 0.1) is 0 Å². The first-order valence-electron chi connectivity index (χ1n) is 2.90. The van der Waals surface area contributed by atoms with Gasteiger partial charge in [0.05, 0.1) is 0 Å². The van der Waals surface area contributed by atoms with Gasteiger partial charge >= 0.3 is 7.82 Å². The van der Waals surface area contributed by atoms with Gasteiger partial charge in [0.15, 0.2) is 0 Å². The molecule has 4 N–H and O–H groups in total. The van der Waals surface area contributed by atoms with Crippen molar-refractivity contribution in [3.05, 3.63) is 0 Å². The van der Waals surface area contributed by atoms with Crippen LogP contribution in [-0.2, 0) is 14.2 Å². The number of hydrogen-bond donors (Lipinski definition) is 4. The summed E-state index contributed by atoms with van der Waals surface area (Å²) in [6, 6.07) is 0. The summed E-state index contributed by atoms with van der Waals surface area (Å²) in [4.78, 5) is 41.8. The van der Waals surface area contributed by atoms with Crippen molar-refractivity contribution in [2.45, 2.75) is 12.8 Å². The average Bonchev–Trinajstić information content (AvgIpc) is 2.09. The highest BCUT2D eigenvalue weighted by atomic mass is 31.2. The second-order valence-electron chi connectivity index (χ2n) is 1.98. The third kappa shape index (κ3) is 9.25. The lowest BCUT2D eigenvalue weighted by Crippen LogP contribution is -2.18. The van der Waals surface area contributed by atoms with Crippen LogP contribution >= 0.6 is 7.82 Å². The summed E-state index contributed by atoms with van der Waals surface area (Å²) in [5.41, 5.74) is 0.